The van der Waals surface area contributed by atoms with Crippen LogP contribution in [0, 0.1) is 6.92 Å². The number of aromatic nitrogens is 1. The molecule has 2 heterocycles. The van der Waals surface area contributed by atoms with E-state index in [-0.39, 0.29) is 24.7 Å². The van der Waals surface area contributed by atoms with Crippen LogP contribution in [-0.2, 0) is 9.84 Å². The summed E-state index contributed by atoms with van der Waals surface area (Å²) in [5.74, 6) is 1.27. The molecule has 6 aromatic carbocycles. The summed E-state index contributed by atoms with van der Waals surface area (Å²) in [5, 5.41) is 1.02. The molecule has 246 valence electrons. The molecule has 1 aliphatic heterocycles. The van der Waals surface area contributed by atoms with Crippen molar-refractivity contribution in [2.75, 3.05) is 19.1 Å². The first kappa shape index (κ1) is 31.8. The Morgan fingerprint density at radius 2 is 1.20 bits per heavy atom. The summed E-state index contributed by atoms with van der Waals surface area (Å²) < 4.78 is 40.8. The van der Waals surface area contributed by atoms with Gasteiger partial charge < -0.3 is 0 Å². The van der Waals surface area contributed by atoms with Gasteiger partial charge in [0.25, 0.3) is 0 Å². The van der Waals surface area contributed by atoms with Crippen LogP contribution in [0.4, 0.5) is 17.1 Å². The van der Waals surface area contributed by atoms with Gasteiger partial charge in [0, 0.05) is 0 Å². The molecule has 0 amide bonds. The topological polar surface area (TPSA) is 68.7 Å². The molecule has 0 spiro atoms. The number of nitrogens with zero attached hydrogens (tertiary/aromatic N) is 2. The molecule has 0 N–H and O–H groups in total. The number of methoxy groups -OCH3 is 2. The average Bonchev–Trinajstić information content (AvgIpc) is 3.17. The minimum atomic E-state index is -3.67. The number of pyridine rings is 1. The van der Waals surface area contributed by atoms with Crippen molar-refractivity contribution in [3.8, 4) is 33.9 Å². The zero-order valence-corrected chi connectivity index (χ0v) is 30.2. The molecule has 6 nitrogen and oxygen atoms in total. The Morgan fingerprint density at radius 1 is 0.600 bits per heavy atom. The van der Waals surface area contributed by atoms with Gasteiger partial charge in [-0.05, 0) is 12.1 Å². The zero-order valence-electron chi connectivity index (χ0n) is 27.6. The number of hydrogen-bond acceptors (Lipinski definition) is 6. The Hall–Kier alpha value is -5.40. The van der Waals surface area contributed by atoms with E-state index in [1.165, 1.54) is 8.92 Å². The Bertz CT molecular complexity index is 2470. The van der Waals surface area contributed by atoms with Gasteiger partial charge in [-0.15, -0.1) is 0 Å². The van der Waals surface area contributed by atoms with E-state index < -0.39 is 9.84 Å². The summed E-state index contributed by atoms with van der Waals surface area (Å²) in [6, 6.07) is 45.1. The van der Waals surface area contributed by atoms with Crippen molar-refractivity contribution in [3.63, 3.8) is 0 Å². The van der Waals surface area contributed by atoms with Gasteiger partial charge in [-0.2, -0.15) is 0 Å². The van der Waals surface area contributed by atoms with Crippen LogP contribution in [-0.4, -0.2) is 42.6 Å². The first-order chi connectivity index (χ1) is 24.4. The molecule has 50 heavy (non-hydrogen) atoms. The number of rotatable bonds is 7. The van der Waals surface area contributed by atoms with Crippen LogP contribution < -0.4 is 23.3 Å². The van der Waals surface area contributed by atoms with E-state index in [0.717, 1.165) is 55.9 Å². The van der Waals surface area contributed by atoms with E-state index >= 15 is 0 Å². The second-order valence-electron chi connectivity index (χ2n) is 12.0. The predicted octanol–water partition coefficient (Wildman–Crippen LogP) is 8.17. The number of ether oxygens (including phenoxy) is 2. The molecule has 1 aliphatic rings. The first-order valence-corrected chi connectivity index (χ1v) is 19.3. The monoisotopic (exact) mass is 740 g/mol. The molecule has 1 aromatic heterocycles. The van der Waals surface area contributed by atoms with Crippen LogP contribution in [0.1, 0.15) is 5.56 Å². The van der Waals surface area contributed by atoms with Gasteiger partial charge in [-0.3, -0.25) is 0 Å². The van der Waals surface area contributed by atoms with E-state index in [9.17, 15) is 8.42 Å². The molecule has 0 atom stereocenters. The normalized spacial score (nSPS) is 12.3. The van der Waals surface area contributed by atoms with E-state index in [4.69, 9.17) is 14.5 Å². The van der Waals surface area contributed by atoms with Crippen molar-refractivity contribution in [2.24, 2.45) is 0 Å². The maximum atomic E-state index is 13.4. The van der Waals surface area contributed by atoms with Gasteiger partial charge in [-0.25, -0.2) is 8.42 Å². The van der Waals surface area contributed by atoms with E-state index in [1.54, 1.807) is 56.7 Å². The SMILES string of the molecule is COc1ccc(-c2cc(-c3ccc(S(=O)(=O)c4ccccc4)cc3)nc3c(N4c5ccccc5[Se]c5ccccc54)ccc(C)c23)cc1OC. The molecule has 0 unspecified atom stereocenters. The fourth-order valence-corrected chi connectivity index (χ4v) is 10.1. The second kappa shape index (κ2) is 12.8. The molecule has 0 saturated heterocycles. The number of benzene rings is 6. The third-order valence-electron chi connectivity index (χ3n) is 9.03. The number of aryl methyl sites for hydroxylation is 1. The Balaban J connectivity index is 1.38. The van der Waals surface area contributed by atoms with Crippen LogP contribution in [0.15, 0.2) is 149 Å². The summed E-state index contributed by atoms with van der Waals surface area (Å²) in [6.45, 7) is 2.11. The molecule has 0 bridgehead atoms. The van der Waals surface area contributed by atoms with Crippen molar-refractivity contribution in [1.82, 2.24) is 4.98 Å². The van der Waals surface area contributed by atoms with Crippen molar-refractivity contribution in [3.05, 3.63) is 145 Å². The Labute approximate surface area is 298 Å². The van der Waals surface area contributed by atoms with Crippen LogP contribution in [0.5, 0.6) is 11.5 Å². The molecule has 0 radical (unpaired) electrons. The number of anilines is 3. The van der Waals surface area contributed by atoms with Crippen LogP contribution in [0.2, 0.25) is 0 Å². The summed E-state index contributed by atoms with van der Waals surface area (Å²) in [6.07, 6.45) is 0. The summed E-state index contributed by atoms with van der Waals surface area (Å²) in [7, 11) is -0.405. The Morgan fingerprint density at radius 3 is 1.86 bits per heavy atom. The van der Waals surface area contributed by atoms with Crippen LogP contribution >= 0.6 is 0 Å². The quantitative estimate of drug-likeness (QED) is 0.154. The molecule has 0 aliphatic carbocycles. The number of sulfone groups is 1. The van der Waals surface area contributed by atoms with Gasteiger partial charge in [0.1, 0.15) is 0 Å². The Kier molecular flexibility index (Phi) is 8.16. The average molecular weight is 740 g/mol. The molecule has 7 aromatic rings. The van der Waals surface area contributed by atoms with Crippen LogP contribution in [0.3, 0.4) is 0 Å². The van der Waals surface area contributed by atoms with E-state index in [0.29, 0.717) is 11.5 Å². The molecular weight excluding hydrogens is 707 g/mol. The van der Waals surface area contributed by atoms with Gasteiger partial charge in [-0.1, -0.05) is 18.2 Å². The molecule has 8 heteroatoms. The van der Waals surface area contributed by atoms with Gasteiger partial charge in [0.2, 0.25) is 0 Å². The molecule has 0 saturated carbocycles. The predicted molar refractivity (Wildman–Crippen MR) is 202 cm³/mol. The fourth-order valence-electron chi connectivity index (χ4n) is 6.56. The molecule has 8 rings (SSSR count). The van der Waals surface area contributed by atoms with Crippen molar-refractivity contribution < 1.29 is 17.9 Å². The summed E-state index contributed by atoms with van der Waals surface area (Å²) in [4.78, 5) is 8.22. The van der Waals surface area contributed by atoms with Crippen molar-refractivity contribution in [2.45, 2.75) is 16.7 Å². The summed E-state index contributed by atoms with van der Waals surface area (Å²) >= 11 is 0.162. The third-order valence-corrected chi connectivity index (χ3v) is 13.2. The first-order valence-electron chi connectivity index (χ1n) is 16.1. The number of fused-ring (bicyclic) bond motifs is 3. The summed E-state index contributed by atoms with van der Waals surface area (Å²) in [5.41, 5.74) is 8.63. The standard InChI is InChI=1S/C42H32N2O4SSe/c1-27-17-23-36(44-34-13-7-9-15-39(34)50-40-16-10-8-14-35(40)44)42-41(27)32(29-20-24-37(47-2)38(25-29)48-3)26-33(43-42)28-18-21-31(22-19-28)49(45,46)30-11-5-4-6-12-30/h4-26H,1-3H3. The zero-order chi connectivity index (χ0) is 34.4. The minimum absolute atomic E-state index is 0.162. The van der Waals surface area contributed by atoms with E-state index in [2.05, 4.69) is 78.6 Å². The number of para-hydroxylation sites is 2. The molecular formula is C42H32N2O4SSe. The van der Waals surface area contributed by atoms with Gasteiger partial charge in [0.15, 0.2) is 0 Å². The van der Waals surface area contributed by atoms with Gasteiger partial charge in [0.05, 0.1) is 12.0 Å². The van der Waals surface area contributed by atoms with Crippen molar-refractivity contribution >= 4 is 61.7 Å². The number of hydrogen-bond donors (Lipinski definition) is 0. The molecule has 0 fully saturated rings. The maximum absolute atomic E-state index is 13.4. The van der Waals surface area contributed by atoms with E-state index in [1.807, 2.05) is 30.3 Å². The van der Waals surface area contributed by atoms with Gasteiger partial charge >= 0.3 is 249 Å². The van der Waals surface area contributed by atoms with Crippen LogP contribution in [0.25, 0.3) is 33.3 Å². The third kappa shape index (κ3) is 5.42. The fraction of sp³-hybridized carbons (Fsp3) is 0.0714. The second-order valence-corrected chi connectivity index (χ2v) is 16.2. The van der Waals surface area contributed by atoms with Crippen molar-refractivity contribution in [1.29, 1.82) is 0 Å².